The van der Waals surface area contributed by atoms with Gasteiger partial charge in [0.1, 0.15) is 11.3 Å². The Balaban J connectivity index is 0.000000220. The molecular weight excluding hydrogens is 439 g/mol. The van der Waals surface area contributed by atoms with E-state index in [1.54, 1.807) is 6.07 Å². The lowest BCUT2D eigenvalue weighted by atomic mass is 10.2. The number of hydrogen-bond donors (Lipinski definition) is 4. The SMILES string of the molecule is O=C(O)CCCNC(=O)c1cc(Cl)ccc1O.O=c1[nH]c(=O)c2cc(Cl)ccc2o1. The average molecular weight is 455 g/mol. The Morgan fingerprint density at radius 1 is 1.07 bits per heavy atom. The van der Waals surface area contributed by atoms with Gasteiger partial charge in [-0.05, 0) is 42.8 Å². The van der Waals surface area contributed by atoms with Crippen LogP contribution in [0.3, 0.4) is 0 Å². The van der Waals surface area contributed by atoms with E-state index in [-0.39, 0.29) is 35.2 Å². The molecule has 0 saturated carbocycles. The first kappa shape index (κ1) is 23.0. The standard InChI is InChI=1S/C11H12ClNO4.C8H4ClNO3/c12-7-3-4-9(14)8(6-7)11(17)13-5-1-2-10(15)16;9-4-1-2-6-5(3-4)7(11)10-8(12)13-6/h3-4,6,14H,1-2,5H2,(H,13,17)(H,15,16);1-3H,(H,10,11,12). The molecule has 0 saturated heterocycles. The second-order valence-corrected chi connectivity index (χ2v) is 6.77. The van der Waals surface area contributed by atoms with Crippen LogP contribution in [0.2, 0.25) is 10.0 Å². The molecule has 9 nitrogen and oxygen atoms in total. The zero-order chi connectivity index (χ0) is 22.3. The van der Waals surface area contributed by atoms with Crippen LogP contribution in [0.5, 0.6) is 5.75 Å². The fourth-order valence-electron chi connectivity index (χ4n) is 2.28. The summed E-state index contributed by atoms with van der Waals surface area (Å²) < 4.78 is 4.73. The number of carbonyl (C=O) groups is 2. The predicted molar refractivity (Wildman–Crippen MR) is 110 cm³/mol. The fraction of sp³-hybridized carbons (Fsp3) is 0.158. The number of phenolic OH excluding ortho intramolecular Hbond substituents is 1. The molecular formula is C19H16Cl2N2O7. The Morgan fingerprint density at radius 2 is 1.73 bits per heavy atom. The number of carbonyl (C=O) groups excluding carboxylic acids is 1. The van der Waals surface area contributed by atoms with Gasteiger partial charge in [-0.15, -0.1) is 0 Å². The number of aliphatic carboxylic acids is 1. The minimum Gasteiger partial charge on any atom is -0.507 e. The lowest BCUT2D eigenvalue weighted by Gasteiger charge is -2.06. The van der Waals surface area contributed by atoms with E-state index in [1.807, 2.05) is 4.98 Å². The van der Waals surface area contributed by atoms with E-state index in [0.717, 1.165) is 0 Å². The highest BCUT2D eigenvalue weighted by molar-refractivity contribution is 6.31. The van der Waals surface area contributed by atoms with E-state index in [1.165, 1.54) is 30.3 Å². The van der Waals surface area contributed by atoms with E-state index in [0.29, 0.717) is 16.5 Å². The van der Waals surface area contributed by atoms with Gasteiger partial charge in [0.25, 0.3) is 11.5 Å². The third kappa shape index (κ3) is 6.64. The van der Waals surface area contributed by atoms with Gasteiger partial charge in [0.05, 0.1) is 10.9 Å². The maximum absolute atomic E-state index is 11.6. The van der Waals surface area contributed by atoms with Crippen LogP contribution in [0.4, 0.5) is 0 Å². The van der Waals surface area contributed by atoms with Crippen LogP contribution in [0.1, 0.15) is 23.2 Å². The fourth-order valence-corrected chi connectivity index (χ4v) is 2.63. The summed E-state index contributed by atoms with van der Waals surface area (Å²) in [6, 6.07) is 8.62. The quantitative estimate of drug-likeness (QED) is 0.432. The van der Waals surface area contributed by atoms with Gasteiger partial charge in [0.2, 0.25) is 0 Å². The van der Waals surface area contributed by atoms with Crippen molar-refractivity contribution in [2.45, 2.75) is 12.8 Å². The average Bonchev–Trinajstić information content (AvgIpc) is 2.68. The van der Waals surface area contributed by atoms with Crippen molar-refractivity contribution in [3.05, 3.63) is 72.9 Å². The van der Waals surface area contributed by atoms with Crippen molar-refractivity contribution in [3.8, 4) is 5.75 Å². The molecule has 158 valence electrons. The van der Waals surface area contributed by atoms with Crippen molar-refractivity contribution < 1.29 is 24.2 Å². The summed E-state index contributed by atoms with van der Waals surface area (Å²) in [5, 5.41) is 21.4. The van der Waals surface area contributed by atoms with Crippen LogP contribution in [0.15, 0.2) is 50.4 Å². The normalized spacial score (nSPS) is 10.2. The summed E-state index contributed by atoms with van der Waals surface area (Å²) in [6.07, 6.45) is 0.324. The Hall–Kier alpha value is -3.30. The van der Waals surface area contributed by atoms with Gasteiger partial charge in [0, 0.05) is 23.0 Å². The molecule has 0 radical (unpaired) electrons. The highest BCUT2D eigenvalue weighted by Crippen LogP contribution is 2.21. The number of phenols is 1. The highest BCUT2D eigenvalue weighted by Gasteiger charge is 2.11. The van der Waals surface area contributed by atoms with E-state index in [4.69, 9.17) is 32.7 Å². The van der Waals surface area contributed by atoms with Gasteiger partial charge in [0.15, 0.2) is 0 Å². The molecule has 1 amide bonds. The van der Waals surface area contributed by atoms with E-state index >= 15 is 0 Å². The molecule has 0 fully saturated rings. The number of aromatic hydroxyl groups is 1. The third-order valence-electron chi connectivity index (χ3n) is 3.66. The molecule has 2 aromatic carbocycles. The largest absolute Gasteiger partial charge is 0.507 e. The van der Waals surface area contributed by atoms with Crippen LogP contribution < -0.4 is 16.6 Å². The molecule has 0 aliphatic rings. The Kier molecular flexibility index (Phi) is 8.02. The number of benzene rings is 2. The summed E-state index contributed by atoms with van der Waals surface area (Å²) in [7, 11) is 0. The van der Waals surface area contributed by atoms with Crippen molar-refractivity contribution >= 4 is 46.0 Å². The zero-order valence-corrected chi connectivity index (χ0v) is 16.8. The van der Waals surface area contributed by atoms with Gasteiger partial charge < -0.3 is 19.9 Å². The molecule has 0 bridgehead atoms. The second-order valence-electron chi connectivity index (χ2n) is 5.90. The van der Waals surface area contributed by atoms with Crippen molar-refractivity contribution in [2.24, 2.45) is 0 Å². The number of carboxylic acid groups (broad SMARTS) is 1. The van der Waals surface area contributed by atoms with Crippen LogP contribution in [-0.4, -0.2) is 33.6 Å². The minimum atomic E-state index is -0.912. The smallest absolute Gasteiger partial charge is 0.419 e. The summed E-state index contributed by atoms with van der Waals surface area (Å²) in [4.78, 5) is 45.7. The molecule has 0 aliphatic carbocycles. The lowest BCUT2D eigenvalue weighted by molar-refractivity contribution is -0.137. The Bertz CT molecular complexity index is 1190. The minimum absolute atomic E-state index is 0.0121. The van der Waals surface area contributed by atoms with Crippen LogP contribution in [0, 0.1) is 0 Å². The molecule has 3 rings (SSSR count). The number of aromatic nitrogens is 1. The van der Waals surface area contributed by atoms with E-state index in [9.17, 15) is 24.3 Å². The number of hydrogen-bond acceptors (Lipinski definition) is 6. The summed E-state index contributed by atoms with van der Waals surface area (Å²) >= 11 is 11.4. The number of rotatable bonds is 5. The summed E-state index contributed by atoms with van der Waals surface area (Å²) in [6.45, 7) is 0.233. The van der Waals surface area contributed by atoms with Crippen LogP contribution >= 0.6 is 23.2 Å². The summed E-state index contributed by atoms with van der Waals surface area (Å²) in [5.74, 6) is -2.31. The summed E-state index contributed by atoms with van der Waals surface area (Å²) in [5.41, 5.74) is -0.181. The molecule has 4 N–H and O–H groups in total. The number of fused-ring (bicyclic) bond motifs is 1. The first-order valence-electron chi connectivity index (χ1n) is 8.48. The molecule has 0 aliphatic heterocycles. The van der Waals surface area contributed by atoms with Gasteiger partial charge in [-0.2, -0.15) is 0 Å². The maximum atomic E-state index is 11.6. The predicted octanol–water partition coefficient (Wildman–Crippen LogP) is 2.77. The van der Waals surface area contributed by atoms with Crippen LogP contribution in [-0.2, 0) is 4.79 Å². The van der Waals surface area contributed by atoms with Gasteiger partial charge in [-0.25, -0.2) is 4.79 Å². The maximum Gasteiger partial charge on any atom is 0.419 e. The lowest BCUT2D eigenvalue weighted by Crippen LogP contribution is -2.24. The van der Waals surface area contributed by atoms with Gasteiger partial charge in [-0.1, -0.05) is 23.2 Å². The monoisotopic (exact) mass is 454 g/mol. The van der Waals surface area contributed by atoms with Crippen molar-refractivity contribution in [2.75, 3.05) is 6.54 Å². The first-order valence-corrected chi connectivity index (χ1v) is 9.24. The number of nitrogens with one attached hydrogen (secondary N) is 2. The molecule has 1 aromatic heterocycles. The van der Waals surface area contributed by atoms with E-state index in [2.05, 4.69) is 5.32 Å². The Morgan fingerprint density at radius 3 is 2.43 bits per heavy atom. The second kappa shape index (κ2) is 10.5. The van der Waals surface area contributed by atoms with Crippen molar-refractivity contribution in [3.63, 3.8) is 0 Å². The van der Waals surface area contributed by atoms with Crippen LogP contribution in [0.25, 0.3) is 11.0 Å². The van der Waals surface area contributed by atoms with Gasteiger partial charge >= 0.3 is 11.7 Å². The number of aromatic amines is 1. The van der Waals surface area contributed by atoms with E-state index < -0.39 is 23.2 Å². The molecule has 1 heterocycles. The number of H-pyrrole nitrogens is 1. The number of halogens is 2. The topological polar surface area (TPSA) is 150 Å². The molecule has 3 aromatic rings. The molecule has 11 heteroatoms. The highest BCUT2D eigenvalue weighted by atomic mass is 35.5. The Labute approximate surface area is 178 Å². The molecule has 0 spiro atoms. The van der Waals surface area contributed by atoms with Gasteiger partial charge in [-0.3, -0.25) is 19.4 Å². The van der Waals surface area contributed by atoms with Crippen molar-refractivity contribution in [1.29, 1.82) is 0 Å². The first-order chi connectivity index (χ1) is 14.2. The zero-order valence-electron chi connectivity index (χ0n) is 15.3. The van der Waals surface area contributed by atoms with Crippen molar-refractivity contribution in [1.82, 2.24) is 10.3 Å². The molecule has 0 atom stereocenters. The molecule has 0 unspecified atom stereocenters. The third-order valence-corrected chi connectivity index (χ3v) is 4.13. The molecule has 30 heavy (non-hydrogen) atoms. The number of amides is 1. The number of carboxylic acids is 1.